The molecule has 0 atom stereocenters. The van der Waals surface area contributed by atoms with Crippen molar-refractivity contribution in [1.82, 2.24) is 0 Å². The molecule has 1 heterocycles. The molecule has 2 rings (SSSR count). The van der Waals surface area contributed by atoms with Gasteiger partial charge in [-0.05, 0) is 13.0 Å². The zero-order chi connectivity index (χ0) is 14.8. The highest BCUT2D eigenvalue weighted by atomic mass is 32.1. The van der Waals surface area contributed by atoms with Gasteiger partial charge in [0, 0.05) is 16.1 Å². The van der Waals surface area contributed by atoms with E-state index in [9.17, 15) is 13.6 Å². The largest absolute Gasteiger partial charge is 0.455 e. The monoisotopic (exact) mass is 297 g/mol. The fourth-order valence-electron chi connectivity index (χ4n) is 1.59. The average Bonchev–Trinajstić information content (AvgIpc) is 2.77. The van der Waals surface area contributed by atoms with E-state index in [1.54, 1.807) is 13.0 Å². The molecule has 1 aromatic heterocycles. The van der Waals surface area contributed by atoms with E-state index in [1.165, 1.54) is 30.3 Å². The third kappa shape index (κ3) is 3.14. The Morgan fingerprint density at radius 3 is 2.55 bits per heavy atom. The molecule has 2 N–H and O–H groups in total. The van der Waals surface area contributed by atoms with Gasteiger partial charge in [-0.25, -0.2) is 4.79 Å². The number of alkyl halides is 2. The fraction of sp³-hybridized carbons (Fsp3) is 0.214. The molecule has 106 valence electrons. The Hall–Kier alpha value is -1.95. The molecule has 0 aliphatic carbocycles. The van der Waals surface area contributed by atoms with E-state index < -0.39 is 18.5 Å². The Morgan fingerprint density at radius 2 is 2.00 bits per heavy atom. The van der Waals surface area contributed by atoms with Gasteiger partial charge in [-0.2, -0.15) is 8.78 Å². The van der Waals surface area contributed by atoms with Crippen LogP contribution in [-0.2, 0) is 10.7 Å². The molecule has 0 radical (unpaired) electrons. The van der Waals surface area contributed by atoms with E-state index in [0.717, 1.165) is 16.2 Å². The molecule has 6 heteroatoms. The second-order valence-electron chi connectivity index (χ2n) is 4.27. The Labute approximate surface area is 119 Å². The smallest absolute Gasteiger partial charge is 0.348 e. The van der Waals surface area contributed by atoms with Crippen LogP contribution in [0.1, 0.15) is 20.1 Å². The van der Waals surface area contributed by atoms with Crippen LogP contribution in [0.15, 0.2) is 36.4 Å². The summed E-state index contributed by atoms with van der Waals surface area (Å²) in [7, 11) is 0. The third-order valence-electron chi connectivity index (χ3n) is 2.74. The molecular formula is C14H13F2NO2S. The Kier molecular flexibility index (Phi) is 4.04. The van der Waals surface area contributed by atoms with Crippen LogP contribution in [0.4, 0.5) is 14.5 Å². The number of hydrogen-bond acceptors (Lipinski definition) is 4. The number of aryl methyl sites for hydroxylation is 1. The van der Waals surface area contributed by atoms with Crippen molar-refractivity contribution in [2.45, 2.75) is 12.8 Å². The van der Waals surface area contributed by atoms with Gasteiger partial charge in [-0.3, -0.25) is 0 Å². The minimum Gasteiger partial charge on any atom is -0.455 e. The molecule has 3 nitrogen and oxygen atoms in total. The SMILES string of the molecule is Cc1sc(C(=O)OCC(F)(F)c2ccccc2)cc1N. The number of ether oxygens (including phenoxy) is 1. The van der Waals surface area contributed by atoms with Crippen LogP contribution in [-0.4, -0.2) is 12.6 Å². The van der Waals surface area contributed by atoms with Crippen LogP contribution in [0.2, 0.25) is 0 Å². The van der Waals surface area contributed by atoms with Gasteiger partial charge in [0.25, 0.3) is 0 Å². The quantitative estimate of drug-likeness (QED) is 0.877. The van der Waals surface area contributed by atoms with Crippen molar-refractivity contribution in [3.8, 4) is 0 Å². The lowest BCUT2D eigenvalue weighted by Gasteiger charge is -2.16. The van der Waals surface area contributed by atoms with Gasteiger partial charge in [-0.15, -0.1) is 11.3 Å². The highest BCUT2D eigenvalue weighted by molar-refractivity contribution is 7.14. The molecule has 0 saturated carbocycles. The first-order chi connectivity index (χ1) is 9.40. The maximum Gasteiger partial charge on any atom is 0.348 e. The molecule has 0 saturated heterocycles. The lowest BCUT2D eigenvalue weighted by Crippen LogP contribution is -2.23. The van der Waals surface area contributed by atoms with Crippen LogP contribution in [0, 0.1) is 6.92 Å². The first kappa shape index (κ1) is 14.5. The fourth-order valence-corrected chi connectivity index (χ4v) is 2.42. The maximum absolute atomic E-state index is 13.8. The molecule has 0 fully saturated rings. The first-order valence-corrected chi connectivity index (χ1v) is 6.68. The van der Waals surface area contributed by atoms with E-state index in [2.05, 4.69) is 4.74 Å². The van der Waals surface area contributed by atoms with Gasteiger partial charge in [0.1, 0.15) is 4.88 Å². The van der Waals surface area contributed by atoms with Crippen LogP contribution < -0.4 is 5.73 Å². The van der Waals surface area contributed by atoms with E-state index in [1.807, 2.05) is 0 Å². The summed E-state index contributed by atoms with van der Waals surface area (Å²) in [6, 6.07) is 8.68. The Balaban J connectivity index is 2.03. The molecular weight excluding hydrogens is 284 g/mol. The number of anilines is 1. The number of nitrogens with two attached hydrogens (primary N) is 1. The van der Waals surface area contributed by atoms with Crippen LogP contribution in [0.5, 0.6) is 0 Å². The second-order valence-corrected chi connectivity index (χ2v) is 5.53. The number of halogens is 2. The summed E-state index contributed by atoms with van der Waals surface area (Å²) in [4.78, 5) is 12.7. The van der Waals surface area contributed by atoms with Crippen molar-refractivity contribution >= 4 is 23.0 Å². The first-order valence-electron chi connectivity index (χ1n) is 5.86. The van der Waals surface area contributed by atoms with Crippen molar-refractivity contribution in [2.24, 2.45) is 0 Å². The van der Waals surface area contributed by atoms with Crippen LogP contribution in [0.3, 0.4) is 0 Å². The zero-order valence-corrected chi connectivity index (χ0v) is 11.5. The summed E-state index contributed by atoms with van der Waals surface area (Å²) < 4.78 is 32.3. The average molecular weight is 297 g/mol. The van der Waals surface area contributed by atoms with Crippen molar-refractivity contribution in [2.75, 3.05) is 12.3 Å². The number of esters is 1. The van der Waals surface area contributed by atoms with Gasteiger partial charge < -0.3 is 10.5 Å². The van der Waals surface area contributed by atoms with Gasteiger partial charge in [0.15, 0.2) is 6.61 Å². The number of thiophene rings is 1. The minimum atomic E-state index is -3.21. The Morgan fingerprint density at radius 1 is 1.35 bits per heavy atom. The van der Waals surface area contributed by atoms with E-state index in [0.29, 0.717) is 5.69 Å². The number of rotatable bonds is 4. The highest BCUT2D eigenvalue weighted by Gasteiger charge is 2.33. The topological polar surface area (TPSA) is 52.3 Å². The Bertz CT molecular complexity index is 591. The molecule has 0 aliphatic rings. The number of benzene rings is 1. The molecule has 2 aromatic rings. The summed E-state index contributed by atoms with van der Waals surface area (Å²) in [6.45, 7) is 0.752. The van der Waals surface area contributed by atoms with Gasteiger partial charge in [-0.1, -0.05) is 30.3 Å². The molecule has 0 spiro atoms. The molecule has 0 aliphatic heterocycles. The molecule has 20 heavy (non-hydrogen) atoms. The summed E-state index contributed by atoms with van der Waals surface area (Å²) in [5.41, 5.74) is 5.88. The van der Waals surface area contributed by atoms with Gasteiger partial charge in [0.2, 0.25) is 0 Å². The number of nitrogen functional groups attached to an aromatic ring is 1. The minimum absolute atomic E-state index is 0.185. The predicted molar refractivity (Wildman–Crippen MR) is 74.1 cm³/mol. The van der Waals surface area contributed by atoms with Gasteiger partial charge >= 0.3 is 11.9 Å². The van der Waals surface area contributed by atoms with Crippen LogP contribution >= 0.6 is 11.3 Å². The maximum atomic E-state index is 13.8. The highest BCUT2D eigenvalue weighted by Crippen LogP contribution is 2.29. The second kappa shape index (κ2) is 5.58. The summed E-state index contributed by atoms with van der Waals surface area (Å²) in [5, 5.41) is 0. The van der Waals surface area contributed by atoms with Crippen molar-refractivity contribution in [3.05, 3.63) is 51.7 Å². The van der Waals surface area contributed by atoms with Crippen molar-refractivity contribution < 1.29 is 18.3 Å². The lowest BCUT2D eigenvalue weighted by molar-refractivity contribution is -0.0660. The number of carbonyl (C=O) groups excluding carboxylic acids is 1. The zero-order valence-electron chi connectivity index (χ0n) is 10.7. The van der Waals surface area contributed by atoms with Crippen molar-refractivity contribution in [1.29, 1.82) is 0 Å². The molecule has 0 amide bonds. The molecule has 1 aromatic carbocycles. The van der Waals surface area contributed by atoms with Gasteiger partial charge in [0.05, 0.1) is 0 Å². The van der Waals surface area contributed by atoms with Crippen molar-refractivity contribution in [3.63, 3.8) is 0 Å². The summed E-state index contributed by atoms with van der Waals surface area (Å²) in [6.07, 6.45) is 0. The van der Waals surface area contributed by atoms with E-state index >= 15 is 0 Å². The predicted octanol–water partition coefficient (Wildman–Crippen LogP) is 3.59. The normalized spacial score (nSPS) is 11.3. The summed E-state index contributed by atoms with van der Waals surface area (Å²) >= 11 is 1.12. The van der Waals surface area contributed by atoms with Crippen LogP contribution in [0.25, 0.3) is 0 Å². The lowest BCUT2D eigenvalue weighted by atomic mass is 10.1. The third-order valence-corrected chi connectivity index (χ3v) is 3.78. The van der Waals surface area contributed by atoms with E-state index in [-0.39, 0.29) is 10.4 Å². The molecule has 0 bridgehead atoms. The standard InChI is InChI=1S/C14H13F2NO2S/c1-9-11(17)7-12(20-9)13(18)19-8-14(15,16)10-5-3-2-4-6-10/h2-7H,8,17H2,1H3. The number of carbonyl (C=O) groups is 1. The summed E-state index contributed by atoms with van der Waals surface area (Å²) in [5.74, 6) is -4.00. The van der Waals surface area contributed by atoms with E-state index in [4.69, 9.17) is 5.73 Å². The molecule has 0 unspecified atom stereocenters. The number of hydrogen-bond donors (Lipinski definition) is 1.